The summed E-state index contributed by atoms with van der Waals surface area (Å²) < 4.78 is 16.6. The lowest BCUT2D eigenvalue weighted by Gasteiger charge is -2.11. The van der Waals surface area contributed by atoms with Crippen molar-refractivity contribution < 1.29 is 9.18 Å². The summed E-state index contributed by atoms with van der Waals surface area (Å²) in [5.74, 6) is -0.621. The summed E-state index contributed by atoms with van der Waals surface area (Å²) in [5, 5.41) is 0. The van der Waals surface area contributed by atoms with E-state index in [2.05, 4.69) is 4.99 Å². The largest absolute Gasteiger partial charge is 0.378 e. The minimum Gasteiger partial charge on any atom is -0.378 e. The molecule has 0 aliphatic rings. The van der Waals surface area contributed by atoms with E-state index in [0.29, 0.717) is 22.4 Å². The normalized spacial score (nSPS) is 11.9. The SMILES string of the molecule is CCn1c(=NC(=O)c2ccc(N(C)C)cc2)sc2cccc(F)c21. The topological polar surface area (TPSA) is 37.6 Å². The average Bonchev–Trinajstić information content (AvgIpc) is 2.93. The highest BCUT2D eigenvalue weighted by atomic mass is 32.1. The highest BCUT2D eigenvalue weighted by Crippen LogP contribution is 2.20. The van der Waals surface area contributed by atoms with Crippen LogP contribution in [0.15, 0.2) is 47.5 Å². The molecule has 0 spiro atoms. The van der Waals surface area contributed by atoms with Crippen molar-refractivity contribution in [3.05, 3.63) is 58.6 Å². The number of fused-ring (bicyclic) bond motifs is 1. The Bertz CT molecular complexity index is 955. The smallest absolute Gasteiger partial charge is 0.279 e. The summed E-state index contributed by atoms with van der Waals surface area (Å²) in [6, 6.07) is 12.2. The van der Waals surface area contributed by atoms with Gasteiger partial charge in [-0.1, -0.05) is 17.4 Å². The third-order valence-electron chi connectivity index (χ3n) is 3.80. The van der Waals surface area contributed by atoms with E-state index in [4.69, 9.17) is 0 Å². The number of nitrogens with zero attached hydrogens (tertiary/aromatic N) is 3. The molecule has 124 valence electrons. The minimum absolute atomic E-state index is 0.296. The van der Waals surface area contributed by atoms with Crippen LogP contribution in [0, 0.1) is 5.82 Å². The van der Waals surface area contributed by atoms with Gasteiger partial charge in [0, 0.05) is 31.9 Å². The maximum atomic E-state index is 14.1. The molecule has 0 aliphatic carbocycles. The molecule has 0 fully saturated rings. The highest BCUT2D eigenvalue weighted by Gasteiger charge is 2.11. The molecule has 0 unspecified atom stereocenters. The molecule has 0 bridgehead atoms. The predicted molar refractivity (Wildman–Crippen MR) is 96.1 cm³/mol. The Morgan fingerprint density at radius 1 is 1.21 bits per heavy atom. The second-order valence-corrected chi connectivity index (χ2v) is 6.58. The lowest BCUT2D eigenvalue weighted by Crippen LogP contribution is -2.16. The number of carbonyl (C=O) groups excluding carboxylic acids is 1. The van der Waals surface area contributed by atoms with Gasteiger partial charge in [-0.05, 0) is 43.3 Å². The molecule has 4 nitrogen and oxygen atoms in total. The molecule has 3 aromatic rings. The number of thiazole rings is 1. The fourth-order valence-electron chi connectivity index (χ4n) is 2.52. The van der Waals surface area contributed by atoms with E-state index in [1.54, 1.807) is 22.8 Å². The lowest BCUT2D eigenvalue weighted by molar-refractivity contribution is 0.0998. The summed E-state index contributed by atoms with van der Waals surface area (Å²) in [5.41, 5.74) is 2.03. The van der Waals surface area contributed by atoms with Crippen LogP contribution in [0.5, 0.6) is 0 Å². The number of rotatable bonds is 3. The van der Waals surface area contributed by atoms with Gasteiger partial charge in [-0.3, -0.25) is 4.79 Å². The van der Waals surface area contributed by atoms with Crippen molar-refractivity contribution in [1.29, 1.82) is 0 Å². The van der Waals surface area contributed by atoms with Gasteiger partial charge in [0.2, 0.25) is 0 Å². The molecule has 0 N–H and O–H groups in total. The standard InChI is InChI=1S/C18H18FN3OS/c1-4-22-16-14(19)6-5-7-15(16)24-18(22)20-17(23)12-8-10-13(11-9-12)21(2)3/h5-11H,4H2,1-3H3. The number of benzene rings is 2. The summed E-state index contributed by atoms with van der Waals surface area (Å²) in [6.45, 7) is 2.46. The molecule has 2 aromatic carbocycles. The van der Waals surface area contributed by atoms with Crippen molar-refractivity contribution in [3.63, 3.8) is 0 Å². The van der Waals surface area contributed by atoms with E-state index in [-0.39, 0.29) is 11.7 Å². The van der Waals surface area contributed by atoms with Gasteiger partial charge in [0.05, 0.1) is 10.2 Å². The summed E-state index contributed by atoms with van der Waals surface area (Å²) >= 11 is 1.32. The number of halogens is 1. The molecule has 6 heteroatoms. The first-order chi connectivity index (χ1) is 11.5. The van der Waals surface area contributed by atoms with Gasteiger partial charge >= 0.3 is 0 Å². The summed E-state index contributed by atoms with van der Waals surface area (Å²) in [4.78, 5) is 19.1. The number of aromatic nitrogens is 1. The second-order valence-electron chi connectivity index (χ2n) is 5.57. The lowest BCUT2D eigenvalue weighted by atomic mass is 10.2. The Kier molecular flexibility index (Phi) is 4.49. The van der Waals surface area contributed by atoms with Crippen LogP contribution in [-0.2, 0) is 6.54 Å². The van der Waals surface area contributed by atoms with Crippen LogP contribution < -0.4 is 9.70 Å². The quantitative estimate of drug-likeness (QED) is 0.728. The van der Waals surface area contributed by atoms with E-state index < -0.39 is 0 Å². The zero-order valence-electron chi connectivity index (χ0n) is 13.8. The first kappa shape index (κ1) is 16.4. The van der Waals surface area contributed by atoms with Crippen LogP contribution in [0.2, 0.25) is 0 Å². The van der Waals surface area contributed by atoms with Crippen LogP contribution >= 0.6 is 11.3 Å². The fraction of sp³-hybridized carbons (Fsp3) is 0.222. The van der Waals surface area contributed by atoms with E-state index in [9.17, 15) is 9.18 Å². The highest BCUT2D eigenvalue weighted by molar-refractivity contribution is 7.16. The second kappa shape index (κ2) is 6.57. The summed E-state index contributed by atoms with van der Waals surface area (Å²) in [7, 11) is 3.88. The first-order valence-corrected chi connectivity index (χ1v) is 8.47. The van der Waals surface area contributed by atoms with E-state index >= 15 is 0 Å². The van der Waals surface area contributed by atoms with Crippen molar-refractivity contribution >= 4 is 33.1 Å². The maximum Gasteiger partial charge on any atom is 0.279 e. The number of aryl methyl sites for hydroxylation is 1. The van der Waals surface area contributed by atoms with Gasteiger partial charge in [-0.25, -0.2) is 4.39 Å². The van der Waals surface area contributed by atoms with Crippen LogP contribution in [0.1, 0.15) is 17.3 Å². The molecule has 24 heavy (non-hydrogen) atoms. The maximum absolute atomic E-state index is 14.1. The molecule has 3 rings (SSSR count). The monoisotopic (exact) mass is 343 g/mol. The van der Waals surface area contributed by atoms with Crippen molar-refractivity contribution in [2.24, 2.45) is 4.99 Å². The van der Waals surface area contributed by atoms with Crippen LogP contribution in [0.3, 0.4) is 0 Å². The molecule has 0 saturated carbocycles. The van der Waals surface area contributed by atoms with Crippen molar-refractivity contribution in [3.8, 4) is 0 Å². The van der Waals surface area contributed by atoms with Crippen molar-refractivity contribution in [2.75, 3.05) is 19.0 Å². The van der Waals surface area contributed by atoms with Gasteiger partial charge in [-0.2, -0.15) is 4.99 Å². The third kappa shape index (κ3) is 2.97. The third-order valence-corrected chi connectivity index (χ3v) is 4.84. The van der Waals surface area contributed by atoms with Crippen LogP contribution in [-0.4, -0.2) is 24.6 Å². The molecule has 0 atom stereocenters. The Morgan fingerprint density at radius 3 is 2.54 bits per heavy atom. The van der Waals surface area contributed by atoms with Gasteiger partial charge in [0.25, 0.3) is 5.91 Å². The Balaban J connectivity index is 2.06. The minimum atomic E-state index is -0.325. The molecule has 1 amide bonds. The predicted octanol–water partition coefficient (Wildman–Crippen LogP) is 3.67. The molecule has 0 saturated heterocycles. The van der Waals surface area contributed by atoms with Crippen LogP contribution in [0.4, 0.5) is 10.1 Å². The molecule has 0 radical (unpaired) electrons. The van der Waals surface area contributed by atoms with Crippen LogP contribution in [0.25, 0.3) is 10.2 Å². The number of anilines is 1. The molecule has 1 aromatic heterocycles. The zero-order valence-corrected chi connectivity index (χ0v) is 14.6. The van der Waals surface area contributed by atoms with Crippen molar-refractivity contribution in [2.45, 2.75) is 13.5 Å². The molecule has 0 aliphatic heterocycles. The molecular weight excluding hydrogens is 325 g/mol. The number of hydrogen-bond acceptors (Lipinski definition) is 3. The number of amides is 1. The Morgan fingerprint density at radius 2 is 1.92 bits per heavy atom. The molecule has 1 heterocycles. The molecular formula is C18H18FN3OS. The number of carbonyl (C=O) groups is 1. The fourth-order valence-corrected chi connectivity index (χ4v) is 3.63. The van der Waals surface area contributed by atoms with Gasteiger partial charge in [0.1, 0.15) is 5.82 Å². The summed E-state index contributed by atoms with van der Waals surface area (Å²) in [6.07, 6.45) is 0. The first-order valence-electron chi connectivity index (χ1n) is 7.65. The number of hydrogen-bond donors (Lipinski definition) is 0. The Hall–Kier alpha value is -2.47. The van der Waals surface area contributed by atoms with Gasteiger partial charge in [-0.15, -0.1) is 0 Å². The van der Waals surface area contributed by atoms with Gasteiger partial charge < -0.3 is 9.47 Å². The van der Waals surface area contributed by atoms with Crippen molar-refractivity contribution in [1.82, 2.24) is 4.57 Å². The average molecular weight is 343 g/mol. The van der Waals surface area contributed by atoms with E-state index in [1.165, 1.54) is 17.4 Å². The zero-order chi connectivity index (χ0) is 17.3. The number of para-hydroxylation sites is 1. The Labute approximate surface area is 143 Å². The van der Waals surface area contributed by atoms with E-state index in [1.807, 2.05) is 44.1 Å². The van der Waals surface area contributed by atoms with Gasteiger partial charge in [0.15, 0.2) is 4.80 Å². The van der Waals surface area contributed by atoms with E-state index in [0.717, 1.165) is 10.4 Å².